The molecule has 0 aliphatic carbocycles. The number of amides is 1. The first-order valence-electron chi connectivity index (χ1n) is 4.89. The fourth-order valence-electron chi connectivity index (χ4n) is 0.584. The van der Waals surface area contributed by atoms with E-state index in [1.54, 1.807) is 20.8 Å². The molecule has 0 aromatic heterocycles. The van der Waals surface area contributed by atoms with Gasteiger partial charge in [0.2, 0.25) is 6.29 Å². The Kier molecular flexibility index (Phi) is 6.33. The second kappa shape index (κ2) is 6.94. The minimum Gasteiger partial charge on any atom is -0.348 e. The second-order valence-corrected chi connectivity index (χ2v) is 4.31. The number of aldehydes is 1. The monoisotopic (exact) mass is 247 g/mol. The third-order valence-electron chi connectivity index (χ3n) is 1.38. The predicted molar refractivity (Wildman–Crippen MR) is 57.1 cm³/mol. The molecule has 0 aliphatic heterocycles. The van der Waals surface area contributed by atoms with Crippen molar-refractivity contribution in [2.24, 2.45) is 5.73 Å². The zero-order chi connectivity index (χ0) is 13.5. The van der Waals surface area contributed by atoms with Gasteiger partial charge in [0.1, 0.15) is 6.04 Å². The molecule has 1 atom stereocenters. The summed E-state index contributed by atoms with van der Waals surface area (Å²) in [6, 6.07) is -1.11. The van der Waals surface area contributed by atoms with Gasteiger partial charge in [-0.15, -0.1) is 0 Å². The van der Waals surface area contributed by atoms with Gasteiger partial charge in [-0.1, -0.05) is 4.99 Å². The molecule has 0 heterocycles. The maximum Gasteiger partial charge on any atom is 0.362 e. The van der Waals surface area contributed by atoms with Gasteiger partial charge in [-0.25, -0.2) is 4.79 Å². The number of carbonyl (C=O) groups excluding carboxylic acids is 3. The fraction of sp³-hybridized carbons (Fsp3) is 0.667. The van der Waals surface area contributed by atoms with Crippen molar-refractivity contribution in [3.63, 3.8) is 0 Å². The zero-order valence-electron chi connectivity index (χ0n) is 9.98. The van der Waals surface area contributed by atoms with Crippen molar-refractivity contribution in [2.75, 3.05) is 6.54 Å². The van der Waals surface area contributed by atoms with E-state index >= 15 is 0 Å². The molecule has 4 N–H and O–H groups in total. The van der Waals surface area contributed by atoms with Crippen molar-refractivity contribution in [2.45, 2.75) is 32.4 Å². The average Bonchev–Trinajstić information content (AvgIpc) is 2.23. The van der Waals surface area contributed by atoms with E-state index in [2.05, 4.69) is 20.7 Å². The highest BCUT2D eigenvalue weighted by molar-refractivity contribution is 6.23. The molecular formula is C9H17N3O5. The highest BCUT2D eigenvalue weighted by atomic mass is 17.3. The summed E-state index contributed by atoms with van der Waals surface area (Å²) in [6.07, 6.45) is 0.0791. The summed E-state index contributed by atoms with van der Waals surface area (Å²) in [6.45, 7) is 5.18. The molecule has 8 heteroatoms. The number of nitrogens with two attached hydrogens (primary N) is 1. The molecule has 0 saturated carbocycles. The number of hydrogen-bond acceptors (Lipinski definition) is 7. The summed E-state index contributed by atoms with van der Waals surface area (Å²) in [7, 11) is 0. The summed E-state index contributed by atoms with van der Waals surface area (Å²) >= 11 is 0. The van der Waals surface area contributed by atoms with Crippen LogP contribution in [0.3, 0.4) is 0 Å². The molecule has 0 aromatic rings. The van der Waals surface area contributed by atoms with Crippen LogP contribution in [0.25, 0.3) is 0 Å². The van der Waals surface area contributed by atoms with Crippen molar-refractivity contribution < 1.29 is 24.3 Å². The topological polar surface area (TPSA) is 120 Å². The Morgan fingerprint density at radius 2 is 2.00 bits per heavy atom. The summed E-state index contributed by atoms with van der Waals surface area (Å²) in [4.78, 5) is 40.5. The molecule has 0 unspecified atom stereocenters. The Morgan fingerprint density at radius 1 is 1.41 bits per heavy atom. The van der Waals surface area contributed by atoms with E-state index in [4.69, 9.17) is 5.73 Å². The van der Waals surface area contributed by atoms with E-state index in [0.29, 0.717) is 0 Å². The first-order chi connectivity index (χ1) is 7.76. The Morgan fingerprint density at radius 3 is 2.47 bits per heavy atom. The summed E-state index contributed by atoms with van der Waals surface area (Å²) < 4.78 is 0. The first-order valence-corrected chi connectivity index (χ1v) is 4.89. The fourth-order valence-corrected chi connectivity index (χ4v) is 0.584. The first kappa shape index (κ1) is 15.5. The lowest BCUT2D eigenvalue weighted by molar-refractivity contribution is -0.320. The van der Waals surface area contributed by atoms with Crippen molar-refractivity contribution in [3.05, 3.63) is 0 Å². The molecule has 0 fully saturated rings. The Hall–Kier alpha value is -1.51. The molecule has 0 aliphatic rings. The Labute approximate surface area is 98.7 Å². The summed E-state index contributed by atoms with van der Waals surface area (Å²) in [5, 5.41) is 2.11. The number of hydroxylamine groups is 1. The van der Waals surface area contributed by atoms with Crippen LogP contribution in [0.1, 0.15) is 20.8 Å². The van der Waals surface area contributed by atoms with E-state index in [0.717, 1.165) is 0 Å². The van der Waals surface area contributed by atoms with Gasteiger partial charge in [0.25, 0.3) is 5.91 Å². The summed E-state index contributed by atoms with van der Waals surface area (Å²) in [5.74, 6) is -1.73. The Balaban J connectivity index is 3.82. The SMILES string of the molecule is CC(C)(C)NOOC(=O)[C@@H](N)CNC(=O)C=O. The van der Waals surface area contributed by atoms with E-state index in [1.807, 2.05) is 0 Å². The van der Waals surface area contributed by atoms with Crippen molar-refractivity contribution >= 4 is 18.2 Å². The number of hydrogen-bond donors (Lipinski definition) is 3. The van der Waals surface area contributed by atoms with Crippen LogP contribution in [-0.2, 0) is 24.3 Å². The molecule has 8 nitrogen and oxygen atoms in total. The van der Waals surface area contributed by atoms with Crippen LogP contribution in [-0.4, -0.2) is 36.3 Å². The van der Waals surface area contributed by atoms with Crippen LogP contribution in [0.2, 0.25) is 0 Å². The summed E-state index contributed by atoms with van der Waals surface area (Å²) in [5.41, 5.74) is 7.41. The predicted octanol–water partition coefficient (Wildman–Crippen LogP) is -1.59. The van der Waals surface area contributed by atoms with Gasteiger partial charge >= 0.3 is 5.97 Å². The molecule has 98 valence electrons. The van der Waals surface area contributed by atoms with E-state index in [9.17, 15) is 14.4 Å². The molecule has 0 radical (unpaired) electrons. The van der Waals surface area contributed by atoms with Gasteiger partial charge < -0.3 is 11.1 Å². The molecule has 17 heavy (non-hydrogen) atoms. The van der Waals surface area contributed by atoms with Gasteiger partial charge in [0, 0.05) is 12.1 Å². The maximum absolute atomic E-state index is 11.2. The lowest BCUT2D eigenvalue weighted by Gasteiger charge is -2.18. The average molecular weight is 247 g/mol. The molecule has 1 amide bonds. The van der Waals surface area contributed by atoms with Gasteiger partial charge in [-0.2, -0.15) is 5.48 Å². The van der Waals surface area contributed by atoms with Gasteiger partial charge in [-0.3, -0.25) is 14.5 Å². The third-order valence-corrected chi connectivity index (χ3v) is 1.38. The maximum atomic E-state index is 11.2. The molecular weight excluding hydrogens is 230 g/mol. The number of carbonyl (C=O) groups is 3. The quantitative estimate of drug-likeness (QED) is 0.224. The van der Waals surface area contributed by atoms with Crippen LogP contribution in [0.4, 0.5) is 0 Å². The van der Waals surface area contributed by atoms with Gasteiger partial charge in [0.05, 0.1) is 0 Å². The van der Waals surface area contributed by atoms with Crippen LogP contribution in [0.5, 0.6) is 0 Å². The van der Waals surface area contributed by atoms with Crippen molar-refractivity contribution in [1.82, 2.24) is 10.8 Å². The lowest BCUT2D eigenvalue weighted by atomic mass is 10.1. The smallest absolute Gasteiger partial charge is 0.348 e. The molecule has 0 aromatic carbocycles. The van der Waals surface area contributed by atoms with Crippen LogP contribution < -0.4 is 16.5 Å². The zero-order valence-corrected chi connectivity index (χ0v) is 9.98. The van der Waals surface area contributed by atoms with E-state index in [-0.39, 0.29) is 12.8 Å². The molecule has 0 bridgehead atoms. The molecule has 0 spiro atoms. The van der Waals surface area contributed by atoms with Crippen molar-refractivity contribution in [1.29, 1.82) is 0 Å². The van der Waals surface area contributed by atoms with Crippen LogP contribution in [0.15, 0.2) is 0 Å². The number of rotatable bonds is 6. The lowest BCUT2D eigenvalue weighted by Crippen LogP contribution is -2.45. The van der Waals surface area contributed by atoms with Crippen molar-refractivity contribution in [3.8, 4) is 0 Å². The van der Waals surface area contributed by atoms with Crippen LogP contribution in [0, 0.1) is 0 Å². The minimum absolute atomic E-state index is 0.0791. The second-order valence-electron chi connectivity index (χ2n) is 4.31. The van der Waals surface area contributed by atoms with Gasteiger partial charge in [0.15, 0.2) is 0 Å². The molecule has 0 saturated heterocycles. The Bertz CT molecular complexity index is 287. The normalized spacial score (nSPS) is 12.7. The minimum atomic E-state index is -1.11. The standard InChI is InChI=1S/C9H17N3O5/c1-9(2,3)12-17-16-8(15)6(10)4-11-7(14)5-13/h5-6,12H,4,10H2,1-3H3,(H,11,14)/t6-/m0/s1. The highest BCUT2D eigenvalue weighted by Crippen LogP contribution is 1.98. The number of nitrogens with one attached hydrogen (secondary N) is 2. The van der Waals surface area contributed by atoms with Crippen LogP contribution >= 0.6 is 0 Å². The highest BCUT2D eigenvalue weighted by Gasteiger charge is 2.18. The largest absolute Gasteiger partial charge is 0.362 e. The van der Waals surface area contributed by atoms with E-state index < -0.39 is 23.5 Å². The van der Waals surface area contributed by atoms with Gasteiger partial charge in [-0.05, 0) is 20.8 Å². The molecule has 0 rings (SSSR count). The third kappa shape index (κ3) is 8.31. The van der Waals surface area contributed by atoms with E-state index in [1.165, 1.54) is 0 Å².